The largest absolute Gasteiger partial charge is 0.407 e. The summed E-state index contributed by atoms with van der Waals surface area (Å²) in [6.45, 7) is 10.4. The van der Waals surface area contributed by atoms with E-state index in [9.17, 15) is 4.79 Å². The third-order valence-corrected chi connectivity index (χ3v) is 10.7. The van der Waals surface area contributed by atoms with E-state index in [1.54, 1.807) is 7.11 Å². The van der Waals surface area contributed by atoms with Crippen molar-refractivity contribution in [3.05, 3.63) is 60.7 Å². The molecule has 0 aliphatic rings. The molecule has 32 heavy (non-hydrogen) atoms. The Labute approximate surface area is 194 Å². The highest BCUT2D eigenvalue weighted by molar-refractivity contribution is 6.99. The zero-order chi connectivity index (χ0) is 23.5. The molecule has 0 saturated carbocycles. The van der Waals surface area contributed by atoms with E-state index in [2.05, 4.69) is 76.2 Å². The number of hydrogen-bond acceptors (Lipinski definition) is 5. The first-order valence-corrected chi connectivity index (χ1v) is 13.1. The third kappa shape index (κ3) is 6.83. The maximum atomic E-state index is 11.3. The Morgan fingerprint density at radius 3 is 1.97 bits per heavy atom. The molecule has 0 heterocycles. The Morgan fingerprint density at radius 1 is 0.938 bits per heavy atom. The van der Waals surface area contributed by atoms with Gasteiger partial charge < -0.3 is 23.4 Å². The molecular weight excluding hydrogens is 420 g/mol. The minimum absolute atomic E-state index is 0.0212. The van der Waals surface area contributed by atoms with Crippen LogP contribution in [0, 0.1) is 5.92 Å². The molecule has 0 bridgehead atoms. The van der Waals surface area contributed by atoms with Gasteiger partial charge in [0.2, 0.25) is 0 Å². The molecule has 2 aromatic rings. The number of carbonyl (C=O) groups is 1. The molecule has 0 amide bonds. The zero-order valence-corrected chi connectivity index (χ0v) is 21.1. The number of aldehydes is 1. The fourth-order valence-corrected chi connectivity index (χ4v) is 8.69. The topological polar surface area (TPSA) is 54.0 Å². The Bertz CT molecular complexity index is 736. The summed E-state index contributed by atoms with van der Waals surface area (Å²) in [6.07, 6.45) is 0.936. The van der Waals surface area contributed by atoms with Gasteiger partial charge in [-0.25, -0.2) is 0 Å². The van der Waals surface area contributed by atoms with Gasteiger partial charge in [0.25, 0.3) is 8.32 Å². The van der Waals surface area contributed by atoms with Crippen molar-refractivity contribution in [1.29, 1.82) is 0 Å². The normalized spacial score (nSPS) is 14.2. The second-order valence-electron chi connectivity index (χ2n) is 9.08. The maximum Gasteiger partial charge on any atom is 0.261 e. The van der Waals surface area contributed by atoms with Gasteiger partial charge in [-0.3, -0.25) is 0 Å². The Balaban J connectivity index is 2.26. The summed E-state index contributed by atoms with van der Waals surface area (Å²) in [5, 5.41) is 2.38. The van der Waals surface area contributed by atoms with Crippen molar-refractivity contribution in [3.63, 3.8) is 0 Å². The first-order valence-electron chi connectivity index (χ1n) is 11.2. The summed E-state index contributed by atoms with van der Waals surface area (Å²) in [5.74, 6) is 0.0212. The van der Waals surface area contributed by atoms with Crippen LogP contribution in [-0.4, -0.2) is 54.4 Å². The number of carbonyl (C=O) groups excluding carboxylic acids is 1. The highest BCUT2D eigenvalue weighted by Gasteiger charge is 2.50. The highest BCUT2D eigenvalue weighted by atomic mass is 28.4. The number of benzene rings is 2. The van der Waals surface area contributed by atoms with Crippen molar-refractivity contribution in [2.24, 2.45) is 5.92 Å². The van der Waals surface area contributed by atoms with E-state index in [0.717, 1.165) is 6.29 Å². The lowest BCUT2D eigenvalue weighted by Crippen LogP contribution is -2.67. The lowest BCUT2D eigenvalue weighted by atomic mass is 10.0. The molecule has 0 aliphatic carbocycles. The first-order chi connectivity index (χ1) is 15.4. The van der Waals surface area contributed by atoms with E-state index in [0.29, 0.717) is 26.2 Å². The molecule has 0 fully saturated rings. The number of rotatable bonds is 14. The van der Waals surface area contributed by atoms with Crippen LogP contribution >= 0.6 is 0 Å². The summed E-state index contributed by atoms with van der Waals surface area (Å²) in [4.78, 5) is 11.3. The molecule has 0 radical (unpaired) electrons. The van der Waals surface area contributed by atoms with Crippen LogP contribution in [-0.2, 0) is 23.4 Å². The first kappa shape index (κ1) is 26.4. The fraction of sp³-hybridized carbons (Fsp3) is 0.500. The van der Waals surface area contributed by atoms with E-state index >= 15 is 0 Å². The molecule has 0 aromatic heterocycles. The summed E-state index contributed by atoms with van der Waals surface area (Å²) >= 11 is 0. The Morgan fingerprint density at radius 2 is 1.50 bits per heavy atom. The predicted molar refractivity (Wildman–Crippen MR) is 131 cm³/mol. The van der Waals surface area contributed by atoms with E-state index in [4.69, 9.17) is 18.6 Å². The molecule has 5 nitrogen and oxygen atoms in total. The molecule has 0 saturated heterocycles. The molecule has 176 valence electrons. The lowest BCUT2D eigenvalue weighted by Gasteiger charge is -2.44. The third-order valence-electron chi connectivity index (χ3n) is 5.74. The van der Waals surface area contributed by atoms with Crippen LogP contribution in [0.5, 0.6) is 0 Å². The second-order valence-corrected chi connectivity index (χ2v) is 13.4. The van der Waals surface area contributed by atoms with Gasteiger partial charge in [-0.05, 0) is 15.4 Å². The molecular formula is C26H38O5Si. The average molecular weight is 459 g/mol. The van der Waals surface area contributed by atoms with Gasteiger partial charge in [0, 0.05) is 26.1 Å². The Kier molecular flexibility index (Phi) is 10.7. The summed E-state index contributed by atoms with van der Waals surface area (Å²) in [7, 11) is -0.993. The van der Waals surface area contributed by atoms with Crippen LogP contribution in [0.4, 0.5) is 0 Å². The SMILES string of the molecule is COCCOCO[C@@H](CC=O)[C@H](C)CO[Si](c1ccccc1)(c1ccccc1)C(C)(C)C. The Hall–Kier alpha value is -1.83. The highest BCUT2D eigenvalue weighted by Crippen LogP contribution is 2.37. The van der Waals surface area contributed by atoms with Gasteiger partial charge >= 0.3 is 0 Å². The number of ether oxygens (including phenoxy) is 3. The van der Waals surface area contributed by atoms with Crippen LogP contribution in [0.15, 0.2) is 60.7 Å². The molecule has 6 heteroatoms. The zero-order valence-electron chi connectivity index (χ0n) is 20.1. The quantitative estimate of drug-likeness (QED) is 0.187. The molecule has 0 N–H and O–H groups in total. The van der Waals surface area contributed by atoms with Gasteiger partial charge in [-0.15, -0.1) is 0 Å². The second kappa shape index (κ2) is 13.0. The molecule has 2 atom stereocenters. The minimum Gasteiger partial charge on any atom is -0.407 e. The smallest absolute Gasteiger partial charge is 0.261 e. The van der Waals surface area contributed by atoms with Crippen LogP contribution in [0.2, 0.25) is 5.04 Å². The monoisotopic (exact) mass is 458 g/mol. The summed E-state index contributed by atoms with van der Waals surface area (Å²) < 4.78 is 23.3. The molecule has 0 spiro atoms. The maximum absolute atomic E-state index is 11.3. The van der Waals surface area contributed by atoms with E-state index in [1.165, 1.54) is 10.4 Å². The van der Waals surface area contributed by atoms with Crippen molar-refractivity contribution >= 4 is 25.0 Å². The van der Waals surface area contributed by atoms with Gasteiger partial charge in [-0.1, -0.05) is 88.4 Å². The predicted octanol–water partition coefficient (Wildman–Crippen LogP) is 3.79. The number of hydrogen-bond donors (Lipinski definition) is 0. The molecule has 0 aliphatic heterocycles. The summed E-state index contributed by atoms with van der Waals surface area (Å²) in [5.41, 5.74) is 0. The van der Waals surface area contributed by atoms with Crippen LogP contribution in [0.25, 0.3) is 0 Å². The van der Waals surface area contributed by atoms with Gasteiger partial charge in [0.15, 0.2) is 0 Å². The van der Waals surface area contributed by atoms with Crippen LogP contribution < -0.4 is 10.4 Å². The van der Waals surface area contributed by atoms with E-state index < -0.39 is 8.32 Å². The molecule has 0 unspecified atom stereocenters. The minimum atomic E-state index is -2.62. The van der Waals surface area contributed by atoms with Crippen molar-refractivity contribution in [2.75, 3.05) is 33.7 Å². The van der Waals surface area contributed by atoms with E-state index in [1.807, 2.05) is 12.1 Å². The lowest BCUT2D eigenvalue weighted by molar-refractivity contribution is -0.127. The van der Waals surface area contributed by atoms with Gasteiger partial charge in [0.05, 0.1) is 19.3 Å². The van der Waals surface area contributed by atoms with Crippen molar-refractivity contribution < 1.29 is 23.4 Å². The van der Waals surface area contributed by atoms with Gasteiger partial charge in [-0.2, -0.15) is 0 Å². The standard InChI is InChI=1S/C26H38O5Si/c1-22(25(16-17-27)30-21-29-19-18-28-5)20-31-32(26(2,3)4,23-12-8-6-9-13-23)24-14-10-7-11-15-24/h6-15,17,22,25H,16,18-21H2,1-5H3/t22-,25+/m1/s1. The van der Waals surface area contributed by atoms with Crippen molar-refractivity contribution in [3.8, 4) is 0 Å². The number of methoxy groups -OCH3 is 1. The van der Waals surface area contributed by atoms with Crippen LogP contribution in [0.1, 0.15) is 34.1 Å². The van der Waals surface area contributed by atoms with Gasteiger partial charge in [0.1, 0.15) is 13.1 Å². The molecule has 2 rings (SSSR count). The van der Waals surface area contributed by atoms with Crippen molar-refractivity contribution in [2.45, 2.75) is 45.3 Å². The molecule has 2 aromatic carbocycles. The fourth-order valence-electron chi connectivity index (χ4n) is 4.02. The van der Waals surface area contributed by atoms with E-state index in [-0.39, 0.29) is 23.9 Å². The summed E-state index contributed by atoms with van der Waals surface area (Å²) in [6, 6.07) is 21.1. The average Bonchev–Trinajstić information content (AvgIpc) is 2.79. The van der Waals surface area contributed by atoms with Crippen LogP contribution in [0.3, 0.4) is 0 Å². The van der Waals surface area contributed by atoms with Crippen molar-refractivity contribution in [1.82, 2.24) is 0 Å².